The SMILES string of the molecule is CCOC(=O)C1=CC[C@@H](c2ccccc2C(F)(F)F)N(S(=O)(=O)c2ccc(C)cc2)[C@H]1c1cccc(OC)c1. The summed E-state index contributed by atoms with van der Waals surface area (Å²) >= 11 is 0. The van der Waals surface area contributed by atoms with Crippen molar-refractivity contribution in [3.63, 3.8) is 0 Å². The number of carbonyl (C=O) groups is 1. The molecule has 2 atom stereocenters. The highest BCUT2D eigenvalue weighted by molar-refractivity contribution is 7.89. The second-order valence-electron chi connectivity index (χ2n) is 9.04. The number of alkyl halides is 3. The van der Waals surface area contributed by atoms with Crippen molar-refractivity contribution in [3.05, 3.63) is 107 Å². The van der Waals surface area contributed by atoms with Crippen LogP contribution in [0.4, 0.5) is 13.2 Å². The number of hydrogen-bond donors (Lipinski definition) is 0. The minimum absolute atomic E-state index is 0.0153. The van der Waals surface area contributed by atoms with Crippen LogP contribution in [0.5, 0.6) is 5.75 Å². The van der Waals surface area contributed by atoms with Gasteiger partial charge in [0.2, 0.25) is 10.0 Å². The zero-order valence-corrected chi connectivity index (χ0v) is 22.4. The topological polar surface area (TPSA) is 72.9 Å². The molecule has 6 nitrogen and oxygen atoms in total. The van der Waals surface area contributed by atoms with E-state index in [1.165, 1.54) is 43.5 Å². The van der Waals surface area contributed by atoms with Crippen molar-refractivity contribution in [1.29, 1.82) is 0 Å². The van der Waals surface area contributed by atoms with Crippen molar-refractivity contribution >= 4 is 16.0 Å². The first-order valence-electron chi connectivity index (χ1n) is 12.3. The number of rotatable bonds is 7. The number of benzene rings is 3. The van der Waals surface area contributed by atoms with Crippen LogP contribution < -0.4 is 4.74 Å². The maximum atomic E-state index is 14.3. The van der Waals surface area contributed by atoms with E-state index in [-0.39, 0.29) is 29.1 Å². The third-order valence-corrected chi connectivity index (χ3v) is 8.45. The zero-order chi connectivity index (χ0) is 28.4. The molecule has 3 aromatic carbocycles. The Morgan fingerprint density at radius 2 is 1.72 bits per heavy atom. The van der Waals surface area contributed by atoms with Crippen LogP contribution in [0.2, 0.25) is 0 Å². The first kappa shape index (κ1) is 28.4. The summed E-state index contributed by atoms with van der Waals surface area (Å²) in [6, 6.07) is 14.8. The van der Waals surface area contributed by atoms with Crippen LogP contribution >= 0.6 is 0 Å². The van der Waals surface area contributed by atoms with E-state index >= 15 is 0 Å². The van der Waals surface area contributed by atoms with E-state index in [0.717, 1.165) is 15.9 Å². The fraction of sp³-hybridized carbons (Fsp3) is 0.276. The lowest BCUT2D eigenvalue weighted by molar-refractivity contribution is -0.140. The van der Waals surface area contributed by atoms with Gasteiger partial charge in [0.1, 0.15) is 5.75 Å². The molecule has 10 heteroatoms. The quantitative estimate of drug-likeness (QED) is 0.314. The standard InChI is InChI=1S/C29H28F3NO5S/c1-4-38-28(34)24-16-17-26(23-10-5-6-11-25(23)29(30,31)32)33(27(24)20-8-7-9-21(18-20)37-3)39(35,36)22-14-12-19(2)13-15-22/h5-16,18,26-27H,4,17H2,1-3H3/t26-,27-/m0/s1. The second kappa shape index (κ2) is 11.2. The fourth-order valence-corrected chi connectivity index (χ4v) is 6.54. The average Bonchev–Trinajstić information content (AvgIpc) is 2.92. The molecule has 0 fully saturated rings. The van der Waals surface area contributed by atoms with Crippen LogP contribution in [0.1, 0.15) is 47.7 Å². The normalized spacial score (nSPS) is 18.4. The van der Waals surface area contributed by atoms with Gasteiger partial charge in [0.05, 0.1) is 41.8 Å². The predicted octanol–water partition coefficient (Wildman–Crippen LogP) is 6.39. The van der Waals surface area contributed by atoms with E-state index in [0.29, 0.717) is 11.3 Å². The van der Waals surface area contributed by atoms with E-state index in [1.54, 1.807) is 50.2 Å². The smallest absolute Gasteiger partial charge is 0.416 e. The van der Waals surface area contributed by atoms with Crippen molar-refractivity contribution < 1.29 is 35.9 Å². The summed E-state index contributed by atoms with van der Waals surface area (Å²) in [7, 11) is -3.02. The zero-order valence-electron chi connectivity index (χ0n) is 21.6. The molecule has 0 radical (unpaired) electrons. The second-order valence-corrected chi connectivity index (χ2v) is 10.9. The first-order valence-corrected chi connectivity index (χ1v) is 13.7. The molecule has 1 heterocycles. The molecule has 1 aliphatic heterocycles. The summed E-state index contributed by atoms with van der Waals surface area (Å²) in [5.74, 6) is -0.363. The summed E-state index contributed by atoms with van der Waals surface area (Å²) in [6.45, 7) is 3.44. The maximum Gasteiger partial charge on any atom is 0.416 e. The number of methoxy groups -OCH3 is 1. The fourth-order valence-electron chi connectivity index (χ4n) is 4.77. The molecule has 1 aliphatic rings. The Kier molecular flexibility index (Phi) is 8.17. The minimum atomic E-state index is -4.73. The van der Waals surface area contributed by atoms with Crippen molar-refractivity contribution in [2.75, 3.05) is 13.7 Å². The Bertz CT molecular complexity index is 1480. The van der Waals surface area contributed by atoms with Gasteiger partial charge in [0.25, 0.3) is 0 Å². The van der Waals surface area contributed by atoms with Gasteiger partial charge in [0.15, 0.2) is 0 Å². The first-order chi connectivity index (χ1) is 18.5. The van der Waals surface area contributed by atoms with E-state index in [9.17, 15) is 26.4 Å². The molecule has 0 amide bonds. The van der Waals surface area contributed by atoms with Crippen LogP contribution in [0.3, 0.4) is 0 Å². The molecule has 0 bridgehead atoms. The lowest BCUT2D eigenvalue weighted by atomic mass is 9.87. The molecular formula is C29H28F3NO5S. The molecule has 0 aliphatic carbocycles. The van der Waals surface area contributed by atoms with Crippen molar-refractivity contribution in [2.45, 2.75) is 43.4 Å². The van der Waals surface area contributed by atoms with Gasteiger partial charge in [0, 0.05) is 0 Å². The number of esters is 1. The number of halogens is 3. The van der Waals surface area contributed by atoms with E-state index in [2.05, 4.69) is 0 Å². The lowest BCUT2D eigenvalue weighted by Crippen LogP contribution is -2.43. The van der Waals surface area contributed by atoms with Crippen LogP contribution in [-0.2, 0) is 25.7 Å². The maximum absolute atomic E-state index is 14.3. The highest BCUT2D eigenvalue weighted by atomic mass is 32.2. The molecule has 0 aromatic heterocycles. The number of aryl methyl sites for hydroxylation is 1. The molecule has 0 saturated heterocycles. The summed E-state index contributed by atoms with van der Waals surface area (Å²) in [5.41, 5.74) is 0.00676. The Morgan fingerprint density at radius 1 is 1.03 bits per heavy atom. The van der Waals surface area contributed by atoms with Gasteiger partial charge in [-0.25, -0.2) is 13.2 Å². The van der Waals surface area contributed by atoms with Crippen LogP contribution in [0, 0.1) is 6.92 Å². The average molecular weight is 560 g/mol. The van der Waals surface area contributed by atoms with E-state index < -0.39 is 39.8 Å². The van der Waals surface area contributed by atoms with Gasteiger partial charge >= 0.3 is 12.1 Å². The molecule has 0 spiro atoms. The number of hydrogen-bond acceptors (Lipinski definition) is 5. The lowest BCUT2D eigenvalue weighted by Gasteiger charge is -2.41. The van der Waals surface area contributed by atoms with Gasteiger partial charge in [-0.2, -0.15) is 17.5 Å². The summed E-state index contributed by atoms with van der Waals surface area (Å²) in [6.07, 6.45) is -3.43. The van der Waals surface area contributed by atoms with Gasteiger partial charge < -0.3 is 9.47 Å². The highest BCUT2D eigenvalue weighted by Gasteiger charge is 2.47. The van der Waals surface area contributed by atoms with Crippen LogP contribution in [-0.4, -0.2) is 32.4 Å². The number of carbonyl (C=O) groups excluding carboxylic acids is 1. The van der Waals surface area contributed by atoms with E-state index in [1.807, 2.05) is 0 Å². The van der Waals surface area contributed by atoms with Gasteiger partial charge in [-0.05, 0) is 61.7 Å². The number of sulfonamides is 1. The highest BCUT2D eigenvalue weighted by Crippen LogP contribution is 2.48. The predicted molar refractivity (Wildman–Crippen MR) is 139 cm³/mol. The minimum Gasteiger partial charge on any atom is -0.497 e. The van der Waals surface area contributed by atoms with Crippen molar-refractivity contribution in [1.82, 2.24) is 4.31 Å². The summed E-state index contributed by atoms with van der Waals surface area (Å²) < 4.78 is 82.7. The van der Waals surface area contributed by atoms with Gasteiger partial charge in [-0.1, -0.05) is 54.1 Å². The Labute approximate surface area is 225 Å². The molecule has 4 rings (SSSR count). The molecule has 0 unspecified atom stereocenters. The van der Waals surface area contributed by atoms with Crippen LogP contribution in [0.15, 0.2) is 89.3 Å². The van der Waals surface area contributed by atoms with Crippen molar-refractivity contribution in [2.24, 2.45) is 0 Å². The van der Waals surface area contributed by atoms with Crippen molar-refractivity contribution in [3.8, 4) is 5.75 Å². The largest absolute Gasteiger partial charge is 0.497 e. The number of nitrogens with zero attached hydrogens (tertiary/aromatic N) is 1. The summed E-state index contributed by atoms with van der Waals surface area (Å²) in [5, 5.41) is 0. The molecule has 0 saturated carbocycles. The Morgan fingerprint density at radius 3 is 2.36 bits per heavy atom. The van der Waals surface area contributed by atoms with E-state index in [4.69, 9.17) is 9.47 Å². The molecule has 39 heavy (non-hydrogen) atoms. The number of ether oxygens (including phenoxy) is 2. The Hall–Kier alpha value is -3.63. The molecule has 3 aromatic rings. The molecular weight excluding hydrogens is 531 g/mol. The van der Waals surface area contributed by atoms with Gasteiger partial charge in [-0.15, -0.1) is 0 Å². The third kappa shape index (κ3) is 5.72. The Balaban J connectivity index is 2.04. The summed E-state index contributed by atoms with van der Waals surface area (Å²) in [4.78, 5) is 13.0. The molecule has 0 N–H and O–H groups in total. The third-order valence-electron chi connectivity index (χ3n) is 6.56. The van der Waals surface area contributed by atoms with Gasteiger partial charge in [-0.3, -0.25) is 0 Å². The monoisotopic (exact) mass is 559 g/mol. The molecule has 206 valence electrons. The van der Waals surface area contributed by atoms with Crippen LogP contribution in [0.25, 0.3) is 0 Å².